The molecule has 3 aromatic carbocycles. The van der Waals surface area contributed by atoms with Gasteiger partial charge in [0, 0.05) is 51.1 Å². The molecule has 1 aliphatic rings. The van der Waals surface area contributed by atoms with Gasteiger partial charge in [0.2, 0.25) is 5.95 Å². The van der Waals surface area contributed by atoms with Gasteiger partial charge >= 0.3 is 0 Å². The van der Waals surface area contributed by atoms with Gasteiger partial charge in [0.05, 0.1) is 37.7 Å². The van der Waals surface area contributed by atoms with Gasteiger partial charge in [0.15, 0.2) is 5.78 Å². The number of halogens is 1. The van der Waals surface area contributed by atoms with Crippen molar-refractivity contribution in [2.24, 2.45) is 10.9 Å². The summed E-state index contributed by atoms with van der Waals surface area (Å²) in [5.74, 6) is 1.55. The molecule has 0 aliphatic carbocycles. The molecule has 0 spiro atoms. The highest BCUT2D eigenvalue weighted by Gasteiger charge is 2.24. The minimum absolute atomic E-state index is 0.0241. The molecule has 2 heterocycles. The molecular weight excluding hydrogens is 512 g/mol. The number of ketones is 1. The van der Waals surface area contributed by atoms with Crippen molar-refractivity contribution in [3.05, 3.63) is 93.6 Å². The van der Waals surface area contributed by atoms with Gasteiger partial charge in [0.1, 0.15) is 11.5 Å². The minimum Gasteiger partial charge on any atom is -0.496 e. The first-order valence-corrected chi connectivity index (χ1v) is 13.0. The van der Waals surface area contributed by atoms with Gasteiger partial charge in [-0.25, -0.2) is 9.97 Å². The quantitative estimate of drug-likeness (QED) is 0.253. The van der Waals surface area contributed by atoms with E-state index in [0.29, 0.717) is 34.5 Å². The second-order valence-corrected chi connectivity index (χ2v) is 10.1. The summed E-state index contributed by atoms with van der Waals surface area (Å²) in [7, 11) is 3.21. The Morgan fingerprint density at radius 1 is 1.00 bits per heavy atom. The number of rotatable bonds is 7. The highest BCUT2D eigenvalue weighted by atomic mass is 35.5. The van der Waals surface area contributed by atoms with Crippen molar-refractivity contribution in [1.82, 2.24) is 9.97 Å². The number of aliphatic imine (C=N–C) groups is 1. The number of nitrogens with zero attached hydrogens (tertiary/aromatic N) is 3. The lowest BCUT2D eigenvalue weighted by Gasteiger charge is -2.16. The van der Waals surface area contributed by atoms with Gasteiger partial charge in [-0.1, -0.05) is 43.6 Å². The Kier molecular flexibility index (Phi) is 7.35. The molecule has 0 bridgehead atoms. The van der Waals surface area contributed by atoms with Gasteiger partial charge in [-0.3, -0.25) is 9.79 Å². The van der Waals surface area contributed by atoms with E-state index in [1.807, 2.05) is 63.2 Å². The van der Waals surface area contributed by atoms with E-state index in [0.717, 1.165) is 45.0 Å². The largest absolute Gasteiger partial charge is 0.496 e. The lowest BCUT2D eigenvalue weighted by molar-refractivity contribution is 0.0936. The second-order valence-electron chi connectivity index (χ2n) is 9.63. The van der Waals surface area contributed by atoms with Crippen LogP contribution in [0.3, 0.4) is 0 Å². The molecule has 0 saturated heterocycles. The Morgan fingerprint density at radius 2 is 1.79 bits per heavy atom. The Labute approximate surface area is 232 Å². The van der Waals surface area contributed by atoms with Crippen LogP contribution in [0.1, 0.15) is 46.5 Å². The predicted octanol–water partition coefficient (Wildman–Crippen LogP) is 7.06. The molecule has 0 radical (unpaired) electrons. The van der Waals surface area contributed by atoms with Crippen LogP contribution in [-0.2, 0) is 6.54 Å². The number of hydrogen-bond donors (Lipinski definition) is 1. The fourth-order valence-corrected chi connectivity index (χ4v) is 4.90. The van der Waals surface area contributed by atoms with Crippen molar-refractivity contribution in [3.63, 3.8) is 0 Å². The van der Waals surface area contributed by atoms with Crippen LogP contribution in [0.4, 0.5) is 11.6 Å². The zero-order valence-corrected chi connectivity index (χ0v) is 23.3. The molecule has 39 heavy (non-hydrogen) atoms. The number of Topliss-reactive ketones (excluding diaryl/α,β-unsaturated/α-hetero) is 1. The van der Waals surface area contributed by atoms with E-state index in [-0.39, 0.29) is 11.7 Å². The van der Waals surface area contributed by atoms with Crippen LogP contribution in [0.5, 0.6) is 11.5 Å². The summed E-state index contributed by atoms with van der Waals surface area (Å²) in [4.78, 5) is 27.0. The van der Waals surface area contributed by atoms with Crippen LogP contribution in [-0.4, -0.2) is 35.7 Å². The maximum Gasteiger partial charge on any atom is 0.227 e. The van der Waals surface area contributed by atoms with E-state index in [1.165, 1.54) is 0 Å². The zero-order valence-electron chi connectivity index (χ0n) is 22.5. The lowest BCUT2D eigenvalue weighted by atomic mass is 9.92. The minimum atomic E-state index is -0.133. The molecule has 198 valence electrons. The molecule has 0 fully saturated rings. The summed E-state index contributed by atoms with van der Waals surface area (Å²) >= 11 is 6.48. The summed E-state index contributed by atoms with van der Waals surface area (Å²) in [6.07, 6.45) is 1.79. The Bertz CT molecular complexity index is 1610. The Hall–Kier alpha value is -4.23. The number of fused-ring (bicyclic) bond motifs is 3. The third-order valence-electron chi connectivity index (χ3n) is 6.70. The molecule has 1 aromatic heterocycles. The van der Waals surface area contributed by atoms with E-state index in [2.05, 4.69) is 10.3 Å². The monoisotopic (exact) mass is 540 g/mol. The SMILES string of the molecule is COc1cc(Nc2ncc3c(n2)-c2ccc(Cl)cc2C(c2c(C)cccc2OC)=NC3)ccc1C(=O)C(C)C. The fraction of sp³-hybridized carbons (Fsp3) is 0.226. The van der Waals surface area contributed by atoms with Crippen LogP contribution in [0, 0.1) is 12.8 Å². The number of methoxy groups -OCH3 is 2. The van der Waals surface area contributed by atoms with Gasteiger partial charge in [0.25, 0.3) is 0 Å². The van der Waals surface area contributed by atoms with Crippen LogP contribution < -0.4 is 14.8 Å². The number of hydrogen-bond acceptors (Lipinski definition) is 7. The first-order chi connectivity index (χ1) is 18.8. The van der Waals surface area contributed by atoms with Crippen molar-refractivity contribution in [2.45, 2.75) is 27.3 Å². The lowest BCUT2D eigenvalue weighted by Crippen LogP contribution is -2.10. The van der Waals surface area contributed by atoms with Crippen LogP contribution >= 0.6 is 11.6 Å². The van der Waals surface area contributed by atoms with Crippen molar-refractivity contribution in [3.8, 4) is 22.8 Å². The average molecular weight is 541 g/mol. The molecule has 5 rings (SSSR count). The topological polar surface area (TPSA) is 85.7 Å². The number of carbonyl (C=O) groups excluding carboxylic acids is 1. The first kappa shape index (κ1) is 26.4. The number of aromatic nitrogens is 2. The third kappa shape index (κ3) is 5.10. The van der Waals surface area contributed by atoms with Crippen LogP contribution in [0.15, 0.2) is 65.8 Å². The number of ether oxygens (including phenoxy) is 2. The van der Waals surface area contributed by atoms with Crippen molar-refractivity contribution < 1.29 is 14.3 Å². The predicted molar refractivity (Wildman–Crippen MR) is 155 cm³/mol. The van der Waals surface area contributed by atoms with Crippen molar-refractivity contribution in [2.75, 3.05) is 19.5 Å². The Morgan fingerprint density at radius 3 is 2.54 bits per heavy atom. The van der Waals surface area contributed by atoms with E-state index >= 15 is 0 Å². The molecule has 0 saturated carbocycles. The third-order valence-corrected chi connectivity index (χ3v) is 6.94. The summed E-state index contributed by atoms with van der Waals surface area (Å²) in [5.41, 5.74) is 7.45. The normalized spacial score (nSPS) is 12.2. The molecule has 0 atom stereocenters. The van der Waals surface area contributed by atoms with Crippen LogP contribution in [0.2, 0.25) is 5.02 Å². The Balaban J connectivity index is 1.57. The number of nitrogens with one attached hydrogen (secondary N) is 1. The van der Waals surface area contributed by atoms with Gasteiger partial charge in [-0.2, -0.15) is 0 Å². The summed E-state index contributed by atoms with van der Waals surface area (Å²) < 4.78 is 11.2. The van der Waals surface area contributed by atoms with E-state index in [9.17, 15) is 4.79 Å². The smallest absolute Gasteiger partial charge is 0.227 e. The second kappa shape index (κ2) is 10.9. The van der Waals surface area contributed by atoms with E-state index in [4.69, 9.17) is 31.1 Å². The maximum atomic E-state index is 12.6. The highest BCUT2D eigenvalue weighted by Crippen LogP contribution is 2.36. The average Bonchev–Trinajstić information content (AvgIpc) is 3.08. The summed E-state index contributed by atoms with van der Waals surface area (Å²) in [6.45, 7) is 6.17. The van der Waals surface area contributed by atoms with Crippen LogP contribution in [0.25, 0.3) is 11.3 Å². The highest BCUT2D eigenvalue weighted by molar-refractivity contribution is 6.31. The van der Waals surface area contributed by atoms with E-state index < -0.39 is 0 Å². The molecular formula is C31H29ClN4O3. The molecule has 4 aromatic rings. The number of aryl methyl sites for hydroxylation is 1. The first-order valence-electron chi connectivity index (χ1n) is 12.6. The molecule has 1 N–H and O–H groups in total. The number of benzene rings is 3. The summed E-state index contributed by atoms with van der Waals surface area (Å²) in [5, 5.41) is 3.86. The molecule has 7 nitrogen and oxygen atoms in total. The van der Waals surface area contributed by atoms with Gasteiger partial charge in [-0.05, 0) is 42.8 Å². The van der Waals surface area contributed by atoms with E-state index in [1.54, 1.807) is 32.5 Å². The van der Waals surface area contributed by atoms with Crippen molar-refractivity contribution in [1.29, 1.82) is 0 Å². The number of carbonyl (C=O) groups is 1. The van der Waals surface area contributed by atoms with Gasteiger partial charge in [-0.15, -0.1) is 0 Å². The fourth-order valence-electron chi connectivity index (χ4n) is 4.72. The maximum absolute atomic E-state index is 12.6. The molecule has 1 aliphatic heterocycles. The molecule has 8 heteroatoms. The van der Waals surface area contributed by atoms with Gasteiger partial charge < -0.3 is 14.8 Å². The van der Waals surface area contributed by atoms with Crippen molar-refractivity contribution >= 4 is 34.7 Å². The zero-order chi connectivity index (χ0) is 27.7. The standard InChI is InChI=1S/C31H29ClN4O3/c1-17(2)30(37)23-12-10-21(14-26(23)39-5)35-31-34-16-19-15-33-29(27-18(3)7-6-8-25(27)38-4)24-13-20(32)9-11-22(24)28(19)36-31/h6-14,16-17H,15H2,1-5H3,(H,34,35,36). The summed E-state index contributed by atoms with van der Waals surface area (Å²) in [6, 6.07) is 17.0. The number of anilines is 2. The molecule has 0 amide bonds. The molecule has 0 unspecified atom stereocenters.